The number of fused-ring (bicyclic) bond motifs is 3. The van der Waals surface area contributed by atoms with Gasteiger partial charge in [-0.1, -0.05) is 60.5 Å². The standard InChI is InChI=1S/C21H32N4O.2C2H6/c1-4-15(5-2)10-21(26)24-11-16-6-9-20(22-19(16)14-24)25-17-7-8-18(25)13-23(3)12-17;2*1-2/h6,9,15,17-18H,4-5,7-8,10-14H2,1-3H3;2*1-2H3. The molecule has 0 saturated carbocycles. The molecule has 3 aliphatic heterocycles. The van der Waals surface area contributed by atoms with Gasteiger partial charge in [0.2, 0.25) is 5.91 Å². The van der Waals surface area contributed by atoms with Crippen molar-refractivity contribution >= 4 is 11.7 Å². The highest BCUT2D eigenvalue weighted by Crippen LogP contribution is 2.35. The van der Waals surface area contributed by atoms with Crippen LogP contribution in [-0.4, -0.2) is 52.9 Å². The molecule has 0 radical (unpaired) electrons. The minimum absolute atomic E-state index is 0.290. The van der Waals surface area contributed by atoms with Crippen LogP contribution >= 0.6 is 0 Å². The number of likely N-dealkylation sites (tertiary alicyclic amines) is 1. The van der Waals surface area contributed by atoms with Crippen molar-refractivity contribution in [1.29, 1.82) is 0 Å². The van der Waals surface area contributed by atoms with Crippen molar-refractivity contribution in [2.24, 2.45) is 5.92 Å². The summed E-state index contributed by atoms with van der Waals surface area (Å²) in [5.41, 5.74) is 2.34. The van der Waals surface area contributed by atoms with Crippen LogP contribution < -0.4 is 4.90 Å². The van der Waals surface area contributed by atoms with Gasteiger partial charge in [0, 0.05) is 38.1 Å². The molecule has 4 rings (SSSR count). The second-order valence-corrected chi connectivity index (χ2v) is 8.43. The van der Waals surface area contributed by atoms with Gasteiger partial charge < -0.3 is 14.7 Å². The molecule has 5 heteroatoms. The van der Waals surface area contributed by atoms with E-state index in [9.17, 15) is 4.79 Å². The van der Waals surface area contributed by atoms with E-state index < -0.39 is 0 Å². The molecule has 0 aromatic carbocycles. The van der Waals surface area contributed by atoms with Crippen molar-refractivity contribution in [1.82, 2.24) is 14.8 Å². The number of likely N-dealkylation sites (N-methyl/N-ethyl adjacent to an activating group) is 1. The molecule has 30 heavy (non-hydrogen) atoms. The maximum Gasteiger partial charge on any atom is 0.223 e. The van der Waals surface area contributed by atoms with Crippen LogP contribution in [0.2, 0.25) is 0 Å². The summed E-state index contributed by atoms with van der Waals surface area (Å²) in [6.07, 6.45) is 5.38. The quantitative estimate of drug-likeness (QED) is 0.671. The van der Waals surface area contributed by atoms with Crippen molar-refractivity contribution < 1.29 is 4.79 Å². The summed E-state index contributed by atoms with van der Waals surface area (Å²) >= 11 is 0. The SMILES string of the molecule is CC.CC.CCC(CC)CC(=O)N1Cc2ccc(N3C4CCC3CN(C)C4)nc2C1. The number of amides is 1. The van der Waals surface area contributed by atoms with E-state index in [4.69, 9.17) is 4.98 Å². The molecule has 0 N–H and O–H groups in total. The lowest BCUT2D eigenvalue weighted by atomic mass is 9.99. The fourth-order valence-corrected chi connectivity index (χ4v) is 5.00. The summed E-state index contributed by atoms with van der Waals surface area (Å²) in [4.78, 5) is 24.7. The zero-order valence-electron chi connectivity index (χ0n) is 20.4. The fraction of sp³-hybridized carbons (Fsp3) is 0.760. The molecule has 3 aliphatic rings. The van der Waals surface area contributed by atoms with E-state index in [1.807, 2.05) is 32.6 Å². The Morgan fingerprint density at radius 3 is 2.20 bits per heavy atom. The number of nitrogens with zero attached hydrogens (tertiary/aromatic N) is 4. The van der Waals surface area contributed by atoms with Crippen LogP contribution in [0.3, 0.4) is 0 Å². The van der Waals surface area contributed by atoms with Gasteiger partial charge in [-0.15, -0.1) is 0 Å². The highest BCUT2D eigenvalue weighted by Gasteiger charge is 2.39. The number of hydrogen-bond acceptors (Lipinski definition) is 4. The van der Waals surface area contributed by atoms with E-state index in [0.717, 1.165) is 44.0 Å². The summed E-state index contributed by atoms with van der Waals surface area (Å²) < 4.78 is 0. The first-order valence-electron chi connectivity index (χ1n) is 12.3. The normalized spacial score (nSPS) is 22.3. The Labute approximate surface area is 184 Å². The molecule has 1 aromatic rings. The first kappa shape index (κ1) is 24.6. The second kappa shape index (κ2) is 11.7. The molecule has 4 heterocycles. The summed E-state index contributed by atoms with van der Waals surface area (Å²) in [6.45, 7) is 16.0. The van der Waals surface area contributed by atoms with Gasteiger partial charge in [-0.2, -0.15) is 0 Å². The topological polar surface area (TPSA) is 39.7 Å². The molecule has 2 saturated heterocycles. The van der Waals surface area contributed by atoms with E-state index in [1.165, 1.54) is 18.4 Å². The first-order valence-corrected chi connectivity index (χ1v) is 12.3. The van der Waals surface area contributed by atoms with Crippen molar-refractivity contribution in [2.75, 3.05) is 25.0 Å². The summed E-state index contributed by atoms with van der Waals surface area (Å²) in [7, 11) is 2.22. The number of piperazine rings is 1. The van der Waals surface area contributed by atoms with Crippen molar-refractivity contribution in [3.05, 3.63) is 23.4 Å². The zero-order chi connectivity index (χ0) is 22.3. The molecule has 2 atom stereocenters. The monoisotopic (exact) mass is 416 g/mol. The van der Waals surface area contributed by atoms with Gasteiger partial charge in [0.05, 0.1) is 12.2 Å². The maximum atomic E-state index is 12.7. The number of carbonyl (C=O) groups is 1. The van der Waals surface area contributed by atoms with E-state index in [-0.39, 0.29) is 5.91 Å². The number of hydrogen-bond donors (Lipinski definition) is 0. The molecule has 2 fully saturated rings. The average Bonchev–Trinajstić information content (AvgIpc) is 3.33. The van der Waals surface area contributed by atoms with Gasteiger partial charge in [-0.25, -0.2) is 4.98 Å². The first-order chi connectivity index (χ1) is 14.6. The Bertz CT molecular complexity index is 659. The predicted molar refractivity (Wildman–Crippen MR) is 127 cm³/mol. The zero-order valence-corrected chi connectivity index (χ0v) is 20.4. The van der Waals surface area contributed by atoms with Gasteiger partial charge in [-0.3, -0.25) is 4.79 Å². The number of aromatic nitrogens is 1. The molecule has 2 bridgehead atoms. The van der Waals surface area contributed by atoms with E-state index in [1.54, 1.807) is 0 Å². The smallest absolute Gasteiger partial charge is 0.223 e. The molecule has 0 aliphatic carbocycles. The lowest BCUT2D eigenvalue weighted by molar-refractivity contribution is -0.132. The van der Waals surface area contributed by atoms with Crippen LogP contribution in [0.5, 0.6) is 0 Å². The summed E-state index contributed by atoms with van der Waals surface area (Å²) in [5, 5.41) is 0. The maximum absolute atomic E-state index is 12.7. The minimum Gasteiger partial charge on any atom is -0.348 e. The fourth-order valence-electron chi connectivity index (χ4n) is 5.00. The Kier molecular flexibility index (Phi) is 9.60. The Hall–Kier alpha value is -1.62. The second-order valence-electron chi connectivity index (χ2n) is 8.43. The lowest BCUT2D eigenvalue weighted by Gasteiger charge is -2.40. The molecular weight excluding hydrogens is 372 g/mol. The number of pyridine rings is 1. The Morgan fingerprint density at radius 1 is 1.03 bits per heavy atom. The molecule has 5 nitrogen and oxygen atoms in total. The average molecular weight is 417 g/mol. The molecule has 170 valence electrons. The Morgan fingerprint density at radius 2 is 1.63 bits per heavy atom. The molecular formula is C25H44N4O. The number of anilines is 1. The van der Waals surface area contributed by atoms with E-state index in [2.05, 4.69) is 42.8 Å². The van der Waals surface area contributed by atoms with E-state index >= 15 is 0 Å². The third-order valence-electron chi connectivity index (χ3n) is 6.66. The van der Waals surface area contributed by atoms with Crippen LogP contribution in [0.4, 0.5) is 5.82 Å². The van der Waals surface area contributed by atoms with Gasteiger partial charge in [0.25, 0.3) is 0 Å². The minimum atomic E-state index is 0.290. The molecule has 1 amide bonds. The van der Waals surface area contributed by atoms with Crippen molar-refractivity contribution in [3.63, 3.8) is 0 Å². The predicted octanol–water partition coefficient (Wildman–Crippen LogP) is 5.09. The highest BCUT2D eigenvalue weighted by atomic mass is 16.2. The van der Waals surface area contributed by atoms with Crippen molar-refractivity contribution in [3.8, 4) is 0 Å². The van der Waals surface area contributed by atoms with Gasteiger partial charge in [-0.05, 0) is 37.4 Å². The van der Waals surface area contributed by atoms with Gasteiger partial charge in [0.1, 0.15) is 5.82 Å². The van der Waals surface area contributed by atoms with Gasteiger partial charge >= 0.3 is 0 Å². The Balaban J connectivity index is 0.000000757. The summed E-state index contributed by atoms with van der Waals surface area (Å²) in [5.74, 6) is 1.92. The van der Waals surface area contributed by atoms with E-state index in [0.29, 0.717) is 31.0 Å². The summed E-state index contributed by atoms with van der Waals surface area (Å²) in [6, 6.07) is 5.58. The third kappa shape index (κ3) is 5.35. The number of rotatable bonds is 5. The van der Waals surface area contributed by atoms with Crippen molar-refractivity contribution in [2.45, 2.75) is 98.8 Å². The number of carbonyl (C=O) groups excluding carboxylic acids is 1. The molecule has 1 aromatic heterocycles. The van der Waals surface area contributed by atoms with Crippen LogP contribution in [0.1, 0.15) is 84.9 Å². The van der Waals surface area contributed by atoms with Crippen LogP contribution in [0.25, 0.3) is 0 Å². The van der Waals surface area contributed by atoms with Crippen LogP contribution in [0, 0.1) is 5.92 Å². The highest BCUT2D eigenvalue weighted by molar-refractivity contribution is 5.77. The third-order valence-corrected chi connectivity index (χ3v) is 6.66. The van der Waals surface area contributed by atoms with Gasteiger partial charge in [0.15, 0.2) is 0 Å². The van der Waals surface area contributed by atoms with Crippen LogP contribution in [0.15, 0.2) is 12.1 Å². The lowest BCUT2D eigenvalue weighted by Crippen LogP contribution is -2.52. The largest absolute Gasteiger partial charge is 0.348 e. The van der Waals surface area contributed by atoms with Crippen LogP contribution in [-0.2, 0) is 17.9 Å². The molecule has 0 spiro atoms. The molecule has 2 unspecified atom stereocenters.